The minimum Gasteiger partial charge on any atom is -0.508 e. The van der Waals surface area contributed by atoms with Crippen molar-refractivity contribution in [1.29, 1.82) is 0 Å². The molecule has 0 spiro atoms. The van der Waals surface area contributed by atoms with Crippen molar-refractivity contribution in [3.8, 4) is 5.75 Å². The zero-order valence-electron chi connectivity index (χ0n) is 11.5. The lowest BCUT2D eigenvalue weighted by Gasteiger charge is -2.31. The molecular formula is C16H25NO. The lowest BCUT2D eigenvalue weighted by atomic mass is 10.0. The average Bonchev–Trinajstić information content (AvgIpc) is 2.38. The van der Waals surface area contributed by atoms with Gasteiger partial charge in [-0.2, -0.15) is 0 Å². The Bertz CT molecular complexity index is 375. The molecule has 0 bridgehead atoms. The Morgan fingerprint density at radius 1 is 1.17 bits per heavy atom. The van der Waals surface area contributed by atoms with Gasteiger partial charge in [0, 0.05) is 18.8 Å². The molecule has 0 saturated heterocycles. The van der Waals surface area contributed by atoms with Gasteiger partial charge in [-0.05, 0) is 43.0 Å². The van der Waals surface area contributed by atoms with Gasteiger partial charge in [0.15, 0.2) is 0 Å². The highest BCUT2D eigenvalue weighted by Crippen LogP contribution is 2.30. The molecule has 2 rings (SSSR count). The molecule has 1 aliphatic rings. The van der Waals surface area contributed by atoms with Crippen molar-refractivity contribution in [1.82, 2.24) is 0 Å². The highest BCUT2D eigenvalue weighted by Gasteiger charge is 2.16. The minimum atomic E-state index is 0.401. The first-order chi connectivity index (χ1) is 8.81. The molecule has 1 aromatic carbocycles. The SMILES string of the molecule is CCCCCCCN1CCCc2cc(O)ccc21. The van der Waals surface area contributed by atoms with Crippen LogP contribution < -0.4 is 4.90 Å². The Morgan fingerprint density at radius 3 is 2.83 bits per heavy atom. The predicted octanol–water partition coefficient (Wildman–Crippen LogP) is 4.12. The van der Waals surface area contributed by atoms with E-state index in [4.69, 9.17) is 0 Å². The van der Waals surface area contributed by atoms with Gasteiger partial charge in [-0.1, -0.05) is 32.6 Å². The van der Waals surface area contributed by atoms with E-state index < -0.39 is 0 Å². The van der Waals surface area contributed by atoms with Crippen LogP contribution in [0.5, 0.6) is 5.75 Å². The zero-order valence-corrected chi connectivity index (χ0v) is 11.5. The van der Waals surface area contributed by atoms with Crippen LogP contribution in [-0.4, -0.2) is 18.2 Å². The van der Waals surface area contributed by atoms with Gasteiger partial charge in [0.05, 0.1) is 0 Å². The van der Waals surface area contributed by atoms with Gasteiger partial charge >= 0.3 is 0 Å². The standard InChI is InChI=1S/C16H25NO/c1-2-3-4-5-6-11-17-12-7-8-14-13-15(18)9-10-16(14)17/h9-10,13,18H,2-8,11-12H2,1H3. The molecule has 0 aliphatic carbocycles. The van der Waals surface area contributed by atoms with Gasteiger partial charge in [0.1, 0.15) is 5.75 Å². The number of rotatable bonds is 6. The molecule has 18 heavy (non-hydrogen) atoms. The fraction of sp³-hybridized carbons (Fsp3) is 0.625. The lowest BCUT2D eigenvalue weighted by molar-refractivity contribution is 0.474. The Hall–Kier alpha value is -1.18. The second-order valence-electron chi connectivity index (χ2n) is 5.32. The summed E-state index contributed by atoms with van der Waals surface area (Å²) < 4.78 is 0. The monoisotopic (exact) mass is 247 g/mol. The van der Waals surface area contributed by atoms with E-state index >= 15 is 0 Å². The van der Waals surface area contributed by atoms with E-state index in [-0.39, 0.29) is 0 Å². The first-order valence-corrected chi connectivity index (χ1v) is 7.38. The van der Waals surface area contributed by atoms with E-state index in [1.807, 2.05) is 12.1 Å². The second-order valence-corrected chi connectivity index (χ2v) is 5.32. The van der Waals surface area contributed by atoms with Crippen LogP contribution in [0.3, 0.4) is 0 Å². The molecular weight excluding hydrogens is 222 g/mol. The first kappa shape index (κ1) is 13.3. The zero-order chi connectivity index (χ0) is 12.8. The molecule has 1 aromatic rings. The number of anilines is 1. The minimum absolute atomic E-state index is 0.401. The first-order valence-electron chi connectivity index (χ1n) is 7.38. The van der Waals surface area contributed by atoms with Gasteiger partial charge in [-0.15, -0.1) is 0 Å². The number of aromatic hydroxyl groups is 1. The summed E-state index contributed by atoms with van der Waals surface area (Å²) in [6, 6.07) is 5.82. The molecule has 0 atom stereocenters. The lowest BCUT2D eigenvalue weighted by Crippen LogP contribution is -2.30. The summed E-state index contributed by atoms with van der Waals surface area (Å²) in [4.78, 5) is 2.49. The van der Waals surface area contributed by atoms with Crippen LogP contribution in [0, 0.1) is 0 Å². The highest BCUT2D eigenvalue weighted by molar-refractivity contribution is 5.57. The third kappa shape index (κ3) is 3.41. The Labute approximate surface area is 111 Å². The topological polar surface area (TPSA) is 23.5 Å². The van der Waals surface area contributed by atoms with Crippen LogP contribution in [0.25, 0.3) is 0 Å². The molecule has 0 amide bonds. The van der Waals surface area contributed by atoms with Gasteiger partial charge in [-0.3, -0.25) is 0 Å². The fourth-order valence-electron chi connectivity index (χ4n) is 2.80. The van der Waals surface area contributed by atoms with Crippen LogP contribution >= 0.6 is 0 Å². The van der Waals surface area contributed by atoms with Crippen molar-refractivity contribution in [3.05, 3.63) is 23.8 Å². The summed E-state index contributed by atoms with van der Waals surface area (Å²) in [6.07, 6.45) is 9.00. The number of hydrogen-bond acceptors (Lipinski definition) is 2. The number of aryl methyl sites for hydroxylation is 1. The highest BCUT2D eigenvalue weighted by atomic mass is 16.3. The van der Waals surface area contributed by atoms with E-state index in [1.54, 1.807) is 0 Å². The maximum Gasteiger partial charge on any atom is 0.116 e. The molecule has 1 heterocycles. The Kier molecular flexibility index (Phi) is 4.91. The van der Waals surface area contributed by atoms with Crippen LogP contribution in [-0.2, 0) is 6.42 Å². The van der Waals surface area contributed by atoms with Crippen molar-refractivity contribution < 1.29 is 5.11 Å². The summed E-state index contributed by atoms with van der Waals surface area (Å²) in [5, 5.41) is 9.53. The third-order valence-electron chi connectivity index (χ3n) is 3.81. The normalized spacial score (nSPS) is 14.6. The van der Waals surface area contributed by atoms with Crippen molar-refractivity contribution in [3.63, 3.8) is 0 Å². The van der Waals surface area contributed by atoms with Crippen LogP contribution in [0.1, 0.15) is 51.0 Å². The van der Waals surface area contributed by atoms with E-state index in [1.165, 1.54) is 62.9 Å². The largest absolute Gasteiger partial charge is 0.508 e. The summed E-state index contributed by atoms with van der Waals surface area (Å²) in [5.41, 5.74) is 2.66. The van der Waals surface area contributed by atoms with Gasteiger partial charge in [0.25, 0.3) is 0 Å². The van der Waals surface area contributed by atoms with Crippen LogP contribution in [0.4, 0.5) is 5.69 Å². The number of fused-ring (bicyclic) bond motifs is 1. The molecule has 0 fully saturated rings. The molecule has 0 aromatic heterocycles. The van der Waals surface area contributed by atoms with Crippen molar-refractivity contribution in [2.45, 2.75) is 51.9 Å². The predicted molar refractivity (Wildman–Crippen MR) is 77.4 cm³/mol. The molecule has 0 saturated carbocycles. The van der Waals surface area contributed by atoms with Crippen molar-refractivity contribution in [2.24, 2.45) is 0 Å². The summed E-state index contributed by atoms with van der Waals surface area (Å²) in [7, 11) is 0. The molecule has 1 aliphatic heterocycles. The average molecular weight is 247 g/mol. The summed E-state index contributed by atoms with van der Waals surface area (Å²) >= 11 is 0. The van der Waals surface area contributed by atoms with E-state index in [0.29, 0.717) is 5.75 Å². The van der Waals surface area contributed by atoms with Gasteiger partial charge in [0.2, 0.25) is 0 Å². The summed E-state index contributed by atoms with van der Waals surface area (Å²) in [6.45, 7) is 4.60. The molecule has 0 unspecified atom stereocenters. The molecule has 2 heteroatoms. The molecule has 0 radical (unpaired) electrons. The molecule has 2 nitrogen and oxygen atoms in total. The maximum absolute atomic E-state index is 9.53. The van der Waals surface area contributed by atoms with Crippen LogP contribution in [0.15, 0.2) is 18.2 Å². The maximum atomic E-state index is 9.53. The number of unbranched alkanes of at least 4 members (excludes halogenated alkanes) is 4. The van der Waals surface area contributed by atoms with Gasteiger partial charge < -0.3 is 10.0 Å². The quantitative estimate of drug-likeness (QED) is 0.764. The molecule has 100 valence electrons. The second kappa shape index (κ2) is 6.67. The number of phenolic OH excluding ortho intramolecular Hbond substituents is 1. The molecule has 1 N–H and O–H groups in total. The van der Waals surface area contributed by atoms with Crippen molar-refractivity contribution in [2.75, 3.05) is 18.0 Å². The number of nitrogens with zero attached hydrogens (tertiary/aromatic N) is 1. The van der Waals surface area contributed by atoms with E-state index in [0.717, 1.165) is 6.42 Å². The number of phenols is 1. The van der Waals surface area contributed by atoms with Crippen LogP contribution in [0.2, 0.25) is 0 Å². The van der Waals surface area contributed by atoms with E-state index in [9.17, 15) is 5.11 Å². The third-order valence-corrected chi connectivity index (χ3v) is 3.81. The Morgan fingerprint density at radius 2 is 2.00 bits per heavy atom. The van der Waals surface area contributed by atoms with E-state index in [2.05, 4.69) is 17.9 Å². The summed E-state index contributed by atoms with van der Waals surface area (Å²) in [5.74, 6) is 0.401. The fourth-order valence-corrected chi connectivity index (χ4v) is 2.80. The van der Waals surface area contributed by atoms with Crippen molar-refractivity contribution >= 4 is 5.69 Å². The number of hydrogen-bond donors (Lipinski definition) is 1. The Balaban J connectivity index is 1.88. The van der Waals surface area contributed by atoms with Gasteiger partial charge in [-0.25, -0.2) is 0 Å². The number of benzene rings is 1. The smallest absolute Gasteiger partial charge is 0.116 e.